The van der Waals surface area contributed by atoms with Crippen molar-refractivity contribution in [3.63, 3.8) is 0 Å². The van der Waals surface area contributed by atoms with E-state index < -0.39 is 33.6 Å². The molecule has 309 valence electrons. The topological polar surface area (TPSA) is 342 Å². The zero-order valence-corrected chi connectivity index (χ0v) is 45.4. The van der Waals surface area contributed by atoms with Crippen molar-refractivity contribution >= 4 is 0 Å². The van der Waals surface area contributed by atoms with Gasteiger partial charge in [-0.1, -0.05) is 0 Å². The van der Waals surface area contributed by atoms with Crippen LogP contribution < -0.4 is 0 Å². The Morgan fingerprint density at radius 1 is 0.213 bits per heavy atom. The maximum atomic E-state index is 8.52. The van der Waals surface area contributed by atoms with Crippen molar-refractivity contribution in [2.75, 3.05) is 0 Å². The van der Waals surface area contributed by atoms with Gasteiger partial charge in [0, 0.05) is 67.1 Å². The van der Waals surface area contributed by atoms with Crippen LogP contribution in [0.1, 0.15) is 125 Å². The van der Waals surface area contributed by atoms with E-state index in [1.165, 1.54) is 0 Å². The Balaban J connectivity index is -0.00000000653. The van der Waals surface area contributed by atoms with Crippen LogP contribution in [0.4, 0.5) is 0 Å². The van der Waals surface area contributed by atoms with Crippen LogP contribution >= 0.6 is 0 Å². The Bertz CT molecular complexity index is 247. The van der Waals surface area contributed by atoms with Crippen molar-refractivity contribution in [2.45, 2.75) is 158 Å². The Morgan fingerprint density at radius 2 is 0.213 bits per heavy atom. The minimum Gasteiger partial charge on any atom is -0.412 e. The third-order valence-electron chi connectivity index (χ3n) is 0. The third kappa shape index (κ3) is 10800. The summed E-state index contributed by atoms with van der Waals surface area (Å²) in [5.74, 6) is 0. The number of rotatable bonds is 0. The fourth-order valence-electron chi connectivity index (χ4n) is 0. The largest absolute Gasteiger partial charge is 2.00 e. The van der Waals surface area contributed by atoms with E-state index in [0.717, 1.165) is 0 Å². The van der Waals surface area contributed by atoms with Gasteiger partial charge < -0.3 is 106 Å². The second-order valence-corrected chi connectivity index (χ2v) is 13.0. The van der Waals surface area contributed by atoms with E-state index in [4.69, 9.17) is 30.6 Å². The molecule has 0 amide bonds. The first kappa shape index (κ1) is 164. The van der Waals surface area contributed by atoms with Crippen molar-refractivity contribution in [1.29, 1.82) is 0 Å². The first-order valence-electron chi connectivity index (χ1n) is 10.3. The third-order valence-corrected chi connectivity index (χ3v) is 0. The second-order valence-electron chi connectivity index (χ2n) is 13.0. The molecule has 0 aromatic heterocycles. The standard InChI is InChI=1S/6C4H10O.5CH3.5Nb.7H2O/c6*1-4(2,3)5;;;;;;;;;;;;;;;;;/h6*5H,1-3H3;5*1H3;;;;;;7*1H2/q;;;;;;5*-1;;;;2*+2;;;;;;;. The van der Waals surface area contributed by atoms with Crippen molar-refractivity contribution < 1.29 is 181 Å². The Hall–Kier alpha value is 3.18. The van der Waals surface area contributed by atoms with Gasteiger partial charge in [0.1, 0.15) is 0 Å². The van der Waals surface area contributed by atoms with Crippen LogP contribution in [0.15, 0.2) is 0 Å². The minimum atomic E-state index is -0.500. The Morgan fingerprint density at radius 3 is 0.213 bits per heavy atom. The van der Waals surface area contributed by atoms with E-state index in [9.17, 15) is 0 Å². The summed E-state index contributed by atoms with van der Waals surface area (Å²) in [6.45, 7) is 31.4. The molecule has 0 aliphatic rings. The van der Waals surface area contributed by atoms with E-state index in [-0.39, 0.29) is 187 Å². The van der Waals surface area contributed by atoms with Crippen LogP contribution in [0, 0.1) is 37.1 Å². The summed E-state index contributed by atoms with van der Waals surface area (Å²) < 4.78 is 0. The van der Waals surface area contributed by atoms with E-state index in [2.05, 4.69) is 0 Å². The van der Waals surface area contributed by atoms with E-state index in [1.54, 1.807) is 125 Å². The van der Waals surface area contributed by atoms with Gasteiger partial charge in [-0.05, 0) is 125 Å². The summed E-state index contributed by atoms with van der Waals surface area (Å²) >= 11 is 0. The van der Waals surface area contributed by atoms with Crippen molar-refractivity contribution in [3.05, 3.63) is 37.1 Å². The van der Waals surface area contributed by atoms with Gasteiger partial charge in [0.05, 0.1) is 33.6 Å². The molecule has 0 saturated heterocycles. The van der Waals surface area contributed by atoms with Crippen molar-refractivity contribution in [1.82, 2.24) is 0 Å². The zero-order chi connectivity index (χ0) is 27.0. The Kier molecular flexibility index (Phi) is 260. The number of hydrogen-bond acceptors (Lipinski definition) is 6. The maximum absolute atomic E-state index is 8.52. The first-order valence-corrected chi connectivity index (χ1v) is 10.3. The van der Waals surface area contributed by atoms with Crippen LogP contribution in [0.25, 0.3) is 0 Å². The molecule has 0 saturated carbocycles. The van der Waals surface area contributed by atoms with Crippen LogP contribution in [0.2, 0.25) is 0 Å². The van der Waals surface area contributed by atoms with Gasteiger partial charge in [0.2, 0.25) is 0 Å². The molecule has 0 aliphatic heterocycles. The van der Waals surface area contributed by atoms with Gasteiger partial charge >= 0.3 is 44.8 Å². The molecule has 18 heteroatoms. The van der Waals surface area contributed by atoms with Gasteiger partial charge in [-0.3, -0.25) is 0 Å². The molecule has 20 N–H and O–H groups in total. The summed E-state index contributed by atoms with van der Waals surface area (Å²) in [7, 11) is 0. The average molecular weight is 1110 g/mol. The number of hydrogen-bond donors (Lipinski definition) is 6. The van der Waals surface area contributed by atoms with Gasteiger partial charge in [0.25, 0.3) is 0 Å². The normalized spacial score (nSPS) is 7.66. The summed E-state index contributed by atoms with van der Waals surface area (Å²) in [5.41, 5.74) is -3.00. The average Bonchev–Trinajstić information content (AvgIpc) is 1.94. The smallest absolute Gasteiger partial charge is 0.412 e. The van der Waals surface area contributed by atoms with E-state index in [0.29, 0.717) is 0 Å². The SMILES string of the molecule is CC(C)(C)O.CC(C)(C)O.CC(C)(C)O.CC(C)(C)O.CC(C)(C)O.CC(C)(C)O.O.O.O.O.O.O.O.[CH3-].[CH3-].[CH3-].[CH3-].[CH3-].[Nb+2].[Nb+2].[Nb].[Nb].[Nb]. The molecule has 0 atom stereocenters. The molecule has 0 fully saturated rings. The molecule has 0 spiro atoms. The predicted octanol–water partition coefficient (Wildman–Crippen LogP) is 1.13. The fraction of sp³-hybridized carbons (Fsp3) is 0.828. The molecule has 47 heavy (non-hydrogen) atoms. The summed E-state index contributed by atoms with van der Waals surface area (Å²) in [5, 5.41) is 51.1. The summed E-state index contributed by atoms with van der Waals surface area (Å²) in [6.07, 6.45) is 0. The molecule has 0 bridgehead atoms. The predicted molar refractivity (Wildman–Crippen MR) is 189 cm³/mol. The van der Waals surface area contributed by atoms with Crippen LogP contribution in [-0.4, -0.2) is 103 Å². The number of aliphatic hydroxyl groups is 6. The van der Waals surface area contributed by atoms with Gasteiger partial charge in [-0.2, -0.15) is 0 Å². The van der Waals surface area contributed by atoms with Gasteiger partial charge in [0.15, 0.2) is 0 Å². The molecule has 0 rings (SSSR count). The molecule has 0 aromatic carbocycles. The fourth-order valence-corrected chi connectivity index (χ4v) is 0. The Labute approximate surface area is 372 Å². The van der Waals surface area contributed by atoms with Gasteiger partial charge in [-0.15, -0.1) is 0 Å². The zero-order valence-electron chi connectivity index (χ0n) is 34.4. The monoisotopic (exact) mass is 1110 g/mol. The molecule has 0 heterocycles. The molecule has 5 radical (unpaired) electrons. The molecule has 0 aliphatic carbocycles. The summed E-state index contributed by atoms with van der Waals surface area (Å²) in [4.78, 5) is 0. The molecule has 0 unspecified atom stereocenters. The van der Waals surface area contributed by atoms with Crippen molar-refractivity contribution in [2.24, 2.45) is 0 Å². The van der Waals surface area contributed by atoms with E-state index >= 15 is 0 Å². The quantitative estimate of drug-likeness (QED) is 0.152. The van der Waals surface area contributed by atoms with E-state index in [1.807, 2.05) is 0 Å². The molecular formula is C29H89Nb5O13-. The van der Waals surface area contributed by atoms with Crippen LogP contribution in [0.5, 0.6) is 0 Å². The van der Waals surface area contributed by atoms with Crippen LogP contribution in [0.3, 0.4) is 0 Å². The molecule has 13 nitrogen and oxygen atoms in total. The molecule has 0 aromatic rings. The van der Waals surface area contributed by atoms with Crippen LogP contribution in [-0.2, 0) is 112 Å². The van der Waals surface area contributed by atoms with Crippen molar-refractivity contribution in [3.8, 4) is 0 Å². The first-order chi connectivity index (χ1) is 12.0. The maximum Gasteiger partial charge on any atom is 2.00 e. The van der Waals surface area contributed by atoms with Gasteiger partial charge in [-0.25, -0.2) is 0 Å². The second kappa shape index (κ2) is 74.4. The minimum absolute atomic E-state index is 0. The summed E-state index contributed by atoms with van der Waals surface area (Å²) in [6, 6.07) is 0. The molecular weight excluding hydrogens is 1020 g/mol.